The zero-order chi connectivity index (χ0) is 11.1. The summed E-state index contributed by atoms with van der Waals surface area (Å²) < 4.78 is 0. The van der Waals surface area contributed by atoms with E-state index in [-0.39, 0.29) is 5.91 Å². The van der Waals surface area contributed by atoms with Crippen LogP contribution in [0.15, 0.2) is 24.3 Å². The molecule has 0 aliphatic carbocycles. The van der Waals surface area contributed by atoms with Crippen molar-refractivity contribution in [1.29, 1.82) is 0 Å². The summed E-state index contributed by atoms with van der Waals surface area (Å²) in [4.78, 5) is 13.5. The first-order chi connectivity index (χ1) is 7.25. The monoisotopic (exact) mass is 208 g/mol. The van der Waals surface area contributed by atoms with Gasteiger partial charge in [0.1, 0.15) is 0 Å². The van der Waals surface area contributed by atoms with Crippen LogP contribution in [-0.2, 0) is 4.79 Å². The standard InChI is InChI=1S/C12H20N2O/c1-3-4-5-6-12(15)14(2)11-7-9-13-10-8-11/h3-6,11,13H,7-10H2,1-2H3/b4-3+,6-5+. The van der Waals surface area contributed by atoms with E-state index in [1.807, 2.05) is 31.0 Å². The third kappa shape index (κ3) is 3.88. The zero-order valence-electron chi connectivity index (χ0n) is 9.57. The molecule has 0 aromatic rings. The van der Waals surface area contributed by atoms with Gasteiger partial charge in [-0.05, 0) is 32.9 Å². The Kier molecular flexibility index (Phi) is 5.12. The molecule has 1 amide bonds. The van der Waals surface area contributed by atoms with Crippen molar-refractivity contribution in [2.24, 2.45) is 0 Å². The molecule has 0 spiro atoms. The van der Waals surface area contributed by atoms with Gasteiger partial charge in [0.2, 0.25) is 5.91 Å². The molecule has 1 saturated heterocycles. The van der Waals surface area contributed by atoms with Crippen LogP contribution in [0.3, 0.4) is 0 Å². The second kappa shape index (κ2) is 6.40. The highest BCUT2D eigenvalue weighted by Gasteiger charge is 2.19. The number of nitrogens with zero attached hydrogens (tertiary/aromatic N) is 1. The number of nitrogens with one attached hydrogen (secondary N) is 1. The lowest BCUT2D eigenvalue weighted by atomic mass is 10.1. The molecule has 0 unspecified atom stereocenters. The minimum Gasteiger partial charge on any atom is -0.339 e. The van der Waals surface area contributed by atoms with E-state index in [9.17, 15) is 4.79 Å². The molecule has 1 N–H and O–H groups in total. The summed E-state index contributed by atoms with van der Waals surface area (Å²) in [6.45, 7) is 3.97. The molecule has 0 aromatic heterocycles. The number of hydrogen-bond donors (Lipinski definition) is 1. The molecule has 84 valence electrons. The summed E-state index contributed by atoms with van der Waals surface area (Å²) in [6, 6.07) is 0.397. The molecule has 1 fully saturated rings. The van der Waals surface area contributed by atoms with E-state index in [0.29, 0.717) is 6.04 Å². The smallest absolute Gasteiger partial charge is 0.246 e. The summed E-state index contributed by atoms with van der Waals surface area (Å²) >= 11 is 0. The topological polar surface area (TPSA) is 32.3 Å². The number of piperidine rings is 1. The molecule has 0 atom stereocenters. The van der Waals surface area contributed by atoms with Crippen molar-refractivity contribution in [3.8, 4) is 0 Å². The molecular formula is C12H20N2O. The van der Waals surface area contributed by atoms with Crippen molar-refractivity contribution in [2.75, 3.05) is 20.1 Å². The second-order valence-electron chi connectivity index (χ2n) is 3.82. The van der Waals surface area contributed by atoms with Gasteiger partial charge in [-0.3, -0.25) is 4.79 Å². The number of carbonyl (C=O) groups is 1. The highest BCUT2D eigenvalue weighted by atomic mass is 16.2. The van der Waals surface area contributed by atoms with Gasteiger partial charge in [0.25, 0.3) is 0 Å². The van der Waals surface area contributed by atoms with Gasteiger partial charge in [-0.25, -0.2) is 0 Å². The Hall–Kier alpha value is -1.09. The van der Waals surface area contributed by atoms with Gasteiger partial charge >= 0.3 is 0 Å². The predicted molar refractivity (Wildman–Crippen MR) is 62.6 cm³/mol. The van der Waals surface area contributed by atoms with Crippen LogP contribution in [0.5, 0.6) is 0 Å². The van der Waals surface area contributed by atoms with E-state index in [4.69, 9.17) is 0 Å². The first-order valence-electron chi connectivity index (χ1n) is 5.52. The molecule has 0 aromatic carbocycles. The summed E-state index contributed by atoms with van der Waals surface area (Å²) in [5.41, 5.74) is 0. The van der Waals surface area contributed by atoms with Gasteiger partial charge in [0.05, 0.1) is 0 Å². The maximum absolute atomic E-state index is 11.7. The second-order valence-corrected chi connectivity index (χ2v) is 3.82. The van der Waals surface area contributed by atoms with Crippen LogP contribution < -0.4 is 5.32 Å². The normalized spacial score (nSPS) is 18.8. The van der Waals surface area contributed by atoms with Crippen LogP contribution in [0, 0.1) is 0 Å². The number of likely N-dealkylation sites (N-methyl/N-ethyl adjacent to an activating group) is 1. The van der Waals surface area contributed by atoms with E-state index >= 15 is 0 Å². The van der Waals surface area contributed by atoms with Gasteiger partial charge in [0.15, 0.2) is 0 Å². The van der Waals surface area contributed by atoms with Crippen molar-refractivity contribution >= 4 is 5.91 Å². The molecule has 0 saturated carbocycles. The van der Waals surface area contributed by atoms with Gasteiger partial charge in [-0.1, -0.05) is 18.2 Å². The number of rotatable bonds is 3. The minimum atomic E-state index is 0.0972. The van der Waals surface area contributed by atoms with E-state index in [0.717, 1.165) is 25.9 Å². The largest absolute Gasteiger partial charge is 0.339 e. The third-order valence-corrected chi connectivity index (χ3v) is 2.75. The van der Waals surface area contributed by atoms with E-state index in [1.165, 1.54) is 0 Å². The van der Waals surface area contributed by atoms with Crippen LogP contribution >= 0.6 is 0 Å². The molecular weight excluding hydrogens is 188 g/mol. The Balaban J connectivity index is 2.43. The van der Waals surface area contributed by atoms with E-state index in [2.05, 4.69) is 5.32 Å². The first-order valence-corrected chi connectivity index (χ1v) is 5.52. The lowest BCUT2D eigenvalue weighted by molar-refractivity contribution is -0.127. The summed E-state index contributed by atoms with van der Waals surface area (Å²) in [5, 5.41) is 3.29. The van der Waals surface area contributed by atoms with Crippen molar-refractivity contribution in [3.63, 3.8) is 0 Å². The Morgan fingerprint density at radius 3 is 2.60 bits per heavy atom. The Bertz CT molecular complexity index is 252. The number of carbonyl (C=O) groups excluding carboxylic acids is 1. The Morgan fingerprint density at radius 2 is 2.00 bits per heavy atom. The quantitative estimate of drug-likeness (QED) is 0.560. The molecule has 15 heavy (non-hydrogen) atoms. The fraction of sp³-hybridized carbons (Fsp3) is 0.583. The summed E-state index contributed by atoms with van der Waals surface area (Å²) in [5.74, 6) is 0.0972. The van der Waals surface area contributed by atoms with Crippen LogP contribution in [0.1, 0.15) is 19.8 Å². The molecule has 1 rings (SSSR count). The van der Waals surface area contributed by atoms with E-state index in [1.54, 1.807) is 12.2 Å². The maximum Gasteiger partial charge on any atom is 0.246 e. The lowest BCUT2D eigenvalue weighted by Crippen LogP contribution is -2.43. The van der Waals surface area contributed by atoms with Crippen molar-refractivity contribution < 1.29 is 4.79 Å². The van der Waals surface area contributed by atoms with Gasteiger partial charge < -0.3 is 10.2 Å². The SMILES string of the molecule is C/C=C/C=C/C(=O)N(C)C1CCNCC1. The zero-order valence-corrected chi connectivity index (χ0v) is 9.57. The summed E-state index contributed by atoms with van der Waals surface area (Å²) in [7, 11) is 1.89. The number of hydrogen-bond acceptors (Lipinski definition) is 2. The maximum atomic E-state index is 11.7. The molecule has 1 aliphatic heterocycles. The molecule has 3 heteroatoms. The third-order valence-electron chi connectivity index (χ3n) is 2.75. The Morgan fingerprint density at radius 1 is 1.33 bits per heavy atom. The number of allylic oxidation sites excluding steroid dienone is 3. The molecule has 3 nitrogen and oxygen atoms in total. The van der Waals surface area contributed by atoms with Gasteiger partial charge in [-0.2, -0.15) is 0 Å². The van der Waals surface area contributed by atoms with Crippen LogP contribution in [-0.4, -0.2) is 37.0 Å². The van der Waals surface area contributed by atoms with Crippen molar-refractivity contribution in [1.82, 2.24) is 10.2 Å². The Labute approximate surface area is 91.8 Å². The predicted octanol–water partition coefficient (Wildman–Crippen LogP) is 1.33. The van der Waals surface area contributed by atoms with Gasteiger partial charge in [-0.15, -0.1) is 0 Å². The van der Waals surface area contributed by atoms with Crippen molar-refractivity contribution in [3.05, 3.63) is 24.3 Å². The van der Waals surface area contributed by atoms with Crippen LogP contribution in [0.2, 0.25) is 0 Å². The van der Waals surface area contributed by atoms with Gasteiger partial charge in [0, 0.05) is 19.2 Å². The highest BCUT2D eigenvalue weighted by Crippen LogP contribution is 2.10. The molecule has 0 bridgehead atoms. The van der Waals surface area contributed by atoms with Crippen LogP contribution in [0.4, 0.5) is 0 Å². The lowest BCUT2D eigenvalue weighted by Gasteiger charge is -2.30. The molecule has 0 radical (unpaired) electrons. The average Bonchev–Trinajstić information content (AvgIpc) is 2.29. The summed E-state index contributed by atoms with van der Waals surface area (Å²) in [6.07, 6.45) is 9.31. The molecule has 1 heterocycles. The van der Waals surface area contributed by atoms with Crippen molar-refractivity contribution in [2.45, 2.75) is 25.8 Å². The number of amides is 1. The molecule has 1 aliphatic rings. The van der Waals surface area contributed by atoms with E-state index < -0.39 is 0 Å². The fourth-order valence-corrected chi connectivity index (χ4v) is 1.74. The minimum absolute atomic E-state index is 0.0972. The first kappa shape index (κ1) is 12.0. The average molecular weight is 208 g/mol. The fourth-order valence-electron chi connectivity index (χ4n) is 1.74. The highest BCUT2D eigenvalue weighted by molar-refractivity contribution is 5.87. The van der Waals surface area contributed by atoms with Crippen LogP contribution in [0.25, 0.3) is 0 Å².